The third-order valence-electron chi connectivity index (χ3n) is 17.6. The van der Waals surface area contributed by atoms with Crippen LogP contribution in [0.1, 0.15) is 55.4 Å². The number of benzene rings is 12. The van der Waals surface area contributed by atoms with Gasteiger partial charge in [0.1, 0.15) is 0 Å². The molecule has 0 bridgehead atoms. The quantitative estimate of drug-likeness (QED) is 0.0559. The van der Waals surface area contributed by atoms with Crippen molar-refractivity contribution in [3.8, 4) is 0 Å². The van der Waals surface area contributed by atoms with Crippen LogP contribution in [0, 0.1) is 0 Å². The van der Waals surface area contributed by atoms with Gasteiger partial charge in [0, 0.05) is 23.9 Å². The first-order chi connectivity index (χ1) is 47.3. The molecule has 0 aliphatic rings. The van der Waals surface area contributed by atoms with E-state index >= 15 is 0 Å². The smallest absolute Gasteiger partial charge is 0 e. The molecule has 0 heterocycles. The molecule has 0 fully saturated rings. The average Bonchev–Trinajstić information content (AvgIpc) is 1.22. The fraction of sp³-hybridized carbons (Fsp3) is 0.182. The van der Waals surface area contributed by atoms with Crippen LogP contribution >= 0.6 is 0 Å². The second-order valence-electron chi connectivity index (χ2n) is 23.3. The first kappa shape index (κ1) is 76.6. The van der Waals surface area contributed by atoms with Crippen molar-refractivity contribution in [2.75, 3.05) is 72.0 Å². The predicted molar refractivity (Wildman–Crippen MR) is 436 cm³/mol. The molecule has 0 aliphatic heterocycles. The van der Waals surface area contributed by atoms with E-state index in [2.05, 4.69) is 415 Å². The van der Waals surface area contributed by atoms with Crippen LogP contribution in [0.15, 0.2) is 340 Å². The molecule has 0 aromatic heterocycles. The molecule has 12 rings (SSSR count). The van der Waals surface area contributed by atoms with Crippen LogP contribution in [-0.2, 0) is 0 Å². The Morgan fingerprint density at radius 3 is 0.361 bits per heavy atom. The summed E-state index contributed by atoms with van der Waals surface area (Å²) < 4.78 is 18.4. The molecule has 9 heteroatoms. The van der Waals surface area contributed by atoms with Crippen LogP contribution in [-0.4, -0.2) is 155 Å². The van der Waals surface area contributed by atoms with Crippen molar-refractivity contribution in [1.82, 2.24) is 0 Å². The van der Waals surface area contributed by atoms with Crippen molar-refractivity contribution in [3.05, 3.63) is 340 Å². The summed E-state index contributed by atoms with van der Waals surface area (Å²) in [6.45, 7) is 26.2. The third-order valence-corrected chi connectivity index (χ3v) is 48.8. The van der Waals surface area contributed by atoms with E-state index in [1.807, 2.05) is 0 Å². The summed E-state index contributed by atoms with van der Waals surface area (Å²) in [6.07, 6.45) is 0. The molecule has 12 aromatic carbocycles. The SMILES string of the molecule is CCN(CC)c1cc[c]([Sn]([c]2ccccc2)[c]2ccccc2)cc1.CCN(CC)c1cc[c]([Sn]([c]2ccccc2)[c]2ccccc2)cc1.CCN(CC)c1cc[c]([Sn]([c]2ccccc2)[c]2ccccc2)cc1.CCN(CC)c1cc[c]([Sn]([c]2ccccc2)[c]2ccccc2)cc1.[Sn]. The number of hydrogen-bond donors (Lipinski definition) is 0. The van der Waals surface area contributed by atoms with E-state index in [0.717, 1.165) is 52.4 Å². The predicted octanol–water partition coefficient (Wildman–Crippen LogP) is 11.8. The monoisotopic (exact) mass is 1810 g/mol. The van der Waals surface area contributed by atoms with Gasteiger partial charge in [-0.1, -0.05) is 0 Å². The van der Waals surface area contributed by atoms with Gasteiger partial charge in [0.05, 0.1) is 0 Å². The molecule has 0 amide bonds. The van der Waals surface area contributed by atoms with Crippen LogP contribution in [0.3, 0.4) is 0 Å². The zero-order chi connectivity index (χ0) is 67.1. The molecule has 0 spiro atoms. The minimum atomic E-state index is -2.09. The minimum absolute atomic E-state index is 0. The zero-order valence-corrected chi connectivity index (χ0v) is 72.5. The first-order valence-corrected chi connectivity index (χ1v) is 51.8. The molecular weight excluding hydrogens is 1710 g/mol. The van der Waals surface area contributed by atoms with E-state index in [4.69, 9.17) is 0 Å². The van der Waals surface area contributed by atoms with Crippen LogP contribution in [0.2, 0.25) is 0 Å². The van der Waals surface area contributed by atoms with Gasteiger partial charge in [0.2, 0.25) is 0 Å². The molecule has 4 nitrogen and oxygen atoms in total. The Morgan fingerprint density at radius 2 is 0.258 bits per heavy atom. The molecule has 12 aromatic rings. The van der Waals surface area contributed by atoms with Crippen LogP contribution in [0.4, 0.5) is 22.7 Å². The fourth-order valence-corrected chi connectivity index (χ4v) is 41.7. The summed E-state index contributed by atoms with van der Waals surface area (Å²) in [5.74, 6) is 0. The molecule has 488 valence electrons. The van der Waals surface area contributed by atoms with Crippen molar-refractivity contribution in [2.45, 2.75) is 55.4 Å². The zero-order valence-electron chi connectivity index (χ0n) is 58.3. The second kappa shape index (κ2) is 42.1. The van der Waals surface area contributed by atoms with Crippen LogP contribution < -0.4 is 62.6 Å². The number of nitrogens with zero attached hydrogens (tertiary/aromatic N) is 4. The largest absolute Gasteiger partial charge is 0 e. The molecule has 0 atom stereocenters. The van der Waals surface area contributed by atoms with Gasteiger partial charge in [-0.05, 0) is 0 Å². The summed E-state index contributed by atoms with van der Waals surface area (Å²) in [7, 11) is 0. The summed E-state index contributed by atoms with van der Waals surface area (Å²) in [5, 5.41) is 0. The van der Waals surface area contributed by atoms with E-state index in [-0.39, 0.29) is 23.9 Å². The topological polar surface area (TPSA) is 13.0 Å². The maximum absolute atomic E-state index is 2.40. The summed E-state index contributed by atoms with van der Waals surface area (Å²) in [6, 6.07) is 126. The third kappa shape index (κ3) is 21.9. The van der Waals surface area contributed by atoms with Gasteiger partial charge in [0.25, 0.3) is 0 Å². The van der Waals surface area contributed by atoms with Crippen molar-refractivity contribution in [1.29, 1.82) is 0 Å². The molecular formula is C88H96N4Sn5. The second-order valence-corrected chi connectivity index (χ2v) is 51.6. The number of hydrogen-bond acceptors (Lipinski definition) is 4. The Balaban J connectivity index is 0.000000165. The maximum atomic E-state index is 2.40. The molecule has 8 radical (unpaired) electrons. The van der Waals surface area contributed by atoms with Gasteiger partial charge >= 0.3 is 612 Å². The van der Waals surface area contributed by atoms with E-state index in [1.165, 1.54) is 65.7 Å². The molecule has 97 heavy (non-hydrogen) atoms. The Labute approximate surface area is 628 Å². The van der Waals surface area contributed by atoms with E-state index in [9.17, 15) is 0 Å². The first-order valence-electron chi connectivity index (χ1n) is 34.7. The summed E-state index contributed by atoms with van der Waals surface area (Å²) in [4.78, 5) is 9.60. The minimum Gasteiger partial charge on any atom is 0 e. The van der Waals surface area contributed by atoms with Gasteiger partial charge in [-0.15, -0.1) is 0 Å². The number of rotatable bonds is 24. The van der Waals surface area contributed by atoms with Crippen LogP contribution in [0.25, 0.3) is 0 Å². The molecule has 0 saturated carbocycles. The van der Waals surface area contributed by atoms with Gasteiger partial charge < -0.3 is 0 Å². The van der Waals surface area contributed by atoms with Crippen molar-refractivity contribution >= 4 is 169 Å². The Kier molecular flexibility index (Phi) is 33.2. The Bertz CT molecular complexity index is 3320. The Hall–Kier alpha value is -6.17. The van der Waals surface area contributed by atoms with Crippen molar-refractivity contribution in [3.63, 3.8) is 0 Å². The maximum Gasteiger partial charge on any atom is 0 e. The molecule has 0 unspecified atom stereocenters. The Morgan fingerprint density at radius 1 is 0.155 bits per heavy atom. The molecule has 0 N–H and O–H groups in total. The fourth-order valence-electron chi connectivity index (χ4n) is 12.5. The summed E-state index contributed by atoms with van der Waals surface area (Å²) in [5.41, 5.74) is 5.31. The number of anilines is 4. The van der Waals surface area contributed by atoms with E-state index in [0.29, 0.717) is 0 Å². The van der Waals surface area contributed by atoms with E-state index in [1.54, 1.807) is 0 Å². The van der Waals surface area contributed by atoms with Gasteiger partial charge in [-0.3, -0.25) is 0 Å². The van der Waals surface area contributed by atoms with E-state index < -0.39 is 79.0 Å². The van der Waals surface area contributed by atoms with Crippen molar-refractivity contribution in [2.24, 2.45) is 0 Å². The van der Waals surface area contributed by atoms with Crippen molar-refractivity contribution < 1.29 is 0 Å². The van der Waals surface area contributed by atoms with Crippen LogP contribution in [0.5, 0.6) is 0 Å². The molecule has 0 saturated heterocycles. The van der Waals surface area contributed by atoms with Gasteiger partial charge in [0.15, 0.2) is 0 Å². The summed E-state index contributed by atoms with van der Waals surface area (Å²) >= 11 is -8.37. The van der Waals surface area contributed by atoms with Gasteiger partial charge in [-0.25, -0.2) is 0 Å². The molecule has 0 aliphatic carbocycles. The average molecular weight is 1800 g/mol. The standard InChI is InChI=1S/4C10H14N.8C6H5.5Sn/c4*1-3-11(4-2)10-8-6-5-7-9-10;8*1-2-4-6-5-3-1;;;;;/h4*6-9H,3-4H2,1-2H3;8*1-5H;;;;;. The normalized spacial score (nSPS) is 10.7. The van der Waals surface area contributed by atoms with Gasteiger partial charge in [-0.2, -0.15) is 0 Å².